The molecule has 0 aromatic heterocycles. The summed E-state index contributed by atoms with van der Waals surface area (Å²) in [4.78, 5) is 2.32. The summed E-state index contributed by atoms with van der Waals surface area (Å²) >= 11 is 0. The normalized spacial score (nSPS) is 21.4. The van der Waals surface area contributed by atoms with Gasteiger partial charge in [0.1, 0.15) is 0 Å². The van der Waals surface area contributed by atoms with Crippen LogP contribution in [0.15, 0.2) is 0 Å². The standard InChI is InChI=1S/C8H17NO2S/c1-2-11-6-3-9-4-7-12(10)8-5-9/h2-8H2,1H3. The van der Waals surface area contributed by atoms with Crippen molar-refractivity contribution in [1.82, 2.24) is 4.90 Å². The highest BCUT2D eigenvalue weighted by Gasteiger charge is 2.13. The molecule has 0 radical (unpaired) electrons. The van der Waals surface area contributed by atoms with Gasteiger partial charge in [0.05, 0.1) is 6.61 Å². The van der Waals surface area contributed by atoms with E-state index in [4.69, 9.17) is 4.74 Å². The van der Waals surface area contributed by atoms with Crippen molar-refractivity contribution in [2.24, 2.45) is 0 Å². The number of rotatable bonds is 4. The Hall–Kier alpha value is 0.0700. The fourth-order valence-corrected chi connectivity index (χ4v) is 2.37. The molecule has 0 N–H and O–H groups in total. The van der Waals surface area contributed by atoms with Crippen molar-refractivity contribution in [3.63, 3.8) is 0 Å². The summed E-state index contributed by atoms with van der Waals surface area (Å²) in [5.74, 6) is 1.68. The molecule has 0 aromatic carbocycles. The van der Waals surface area contributed by atoms with Crippen LogP contribution in [0.2, 0.25) is 0 Å². The zero-order valence-electron chi connectivity index (χ0n) is 7.62. The minimum atomic E-state index is -0.551. The molecule has 1 fully saturated rings. The highest BCUT2D eigenvalue weighted by Crippen LogP contribution is 1.98. The van der Waals surface area contributed by atoms with E-state index in [1.165, 1.54) is 0 Å². The topological polar surface area (TPSA) is 29.5 Å². The van der Waals surface area contributed by atoms with Crippen molar-refractivity contribution < 1.29 is 8.95 Å². The van der Waals surface area contributed by atoms with E-state index in [-0.39, 0.29) is 0 Å². The third-order valence-electron chi connectivity index (χ3n) is 2.03. The fourth-order valence-electron chi connectivity index (χ4n) is 1.24. The van der Waals surface area contributed by atoms with Gasteiger partial charge in [0.2, 0.25) is 0 Å². The highest BCUT2D eigenvalue weighted by molar-refractivity contribution is 7.85. The van der Waals surface area contributed by atoms with Gasteiger partial charge in [0.15, 0.2) is 0 Å². The summed E-state index contributed by atoms with van der Waals surface area (Å²) < 4.78 is 16.2. The van der Waals surface area contributed by atoms with E-state index in [0.29, 0.717) is 0 Å². The molecule has 0 saturated carbocycles. The Bertz CT molecular complexity index is 142. The Kier molecular flexibility index (Phi) is 4.80. The minimum Gasteiger partial charge on any atom is -0.380 e. The van der Waals surface area contributed by atoms with E-state index < -0.39 is 10.8 Å². The van der Waals surface area contributed by atoms with Crippen LogP contribution in [0, 0.1) is 0 Å². The lowest BCUT2D eigenvalue weighted by molar-refractivity contribution is 0.117. The van der Waals surface area contributed by atoms with Crippen molar-refractivity contribution >= 4 is 10.8 Å². The van der Waals surface area contributed by atoms with Crippen molar-refractivity contribution in [3.05, 3.63) is 0 Å². The summed E-state index contributed by atoms with van der Waals surface area (Å²) in [7, 11) is -0.551. The molecule has 72 valence electrons. The van der Waals surface area contributed by atoms with Crippen LogP contribution < -0.4 is 0 Å². The lowest BCUT2D eigenvalue weighted by Gasteiger charge is -2.25. The van der Waals surface area contributed by atoms with Gasteiger partial charge in [-0.1, -0.05) is 0 Å². The van der Waals surface area contributed by atoms with Gasteiger partial charge in [-0.05, 0) is 6.92 Å². The van der Waals surface area contributed by atoms with Crippen molar-refractivity contribution in [2.75, 3.05) is 44.4 Å². The largest absolute Gasteiger partial charge is 0.380 e. The van der Waals surface area contributed by atoms with E-state index in [9.17, 15) is 4.21 Å². The molecule has 0 unspecified atom stereocenters. The van der Waals surface area contributed by atoms with Crippen molar-refractivity contribution in [2.45, 2.75) is 6.92 Å². The molecule has 0 atom stereocenters. The van der Waals surface area contributed by atoms with Crippen LogP contribution in [-0.4, -0.2) is 53.5 Å². The van der Waals surface area contributed by atoms with E-state index in [0.717, 1.165) is 44.4 Å². The van der Waals surface area contributed by atoms with Gasteiger partial charge in [-0.2, -0.15) is 0 Å². The molecular weight excluding hydrogens is 174 g/mol. The van der Waals surface area contributed by atoms with Crippen molar-refractivity contribution in [3.8, 4) is 0 Å². The number of nitrogens with zero attached hydrogens (tertiary/aromatic N) is 1. The van der Waals surface area contributed by atoms with E-state index >= 15 is 0 Å². The molecular formula is C8H17NO2S. The van der Waals surface area contributed by atoms with E-state index in [1.54, 1.807) is 0 Å². The lowest BCUT2D eigenvalue weighted by Crippen LogP contribution is -2.39. The molecule has 0 amide bonds. The van der Waals surface area contributed by atoms with Gasteiger partial charge >= 0.3 is 0 Å². The molecule has 1 heterocycles. The third-order valence-corrected chi connectivity index (χ3v) is 3.30. The van der Waals surface area contributed by atoms with Crippen LogP contribution in [0.1, 0.15) is 6.92 Å². The summed E-state index contributed by atoms with van der Waals surface area (Å²) in [6, 6.07) is 0. The second kappa shape index (κ2) is 5.67. The van der Waals surface area contributed by atoms with Gasteiger partial charge in [-0.15, -0.1) is 0 Å². The average Bonchev–Trinajstić information content (AvgIpc) is 2.09. The average molecular weight is 191 g/mol. The monoisotopic (exact) mass is 191 g/mol. The number of hydrogen-bond donors (Lipinski definition) is 0. The Morgan fingerprint density at radius 3 is 2.67 bits per heavy atom. The molecule has 1 saturated heterocycles. The van der Waals surface area contributed by atoms with Gasteiger partial charge in [0, 0.05) is 48.5 Å². The minimum absolute atomic E-state index is 0.551. The second-order valence-electron chi connectivity index (χ2n) is 2.89. The molecule has 1 aliphatic heterocycles. The molecule has 0 bridgehead atoms. The van der Waals surface area contributed by atoms with Gasteiger partial charge in [-0.3, -0.25) is 9.11 Å². The third kappa shape index (κ3) is 3.65. The molecule has 4 heteroatoms. The first-order valence-corrected chi connectivity index (χ1v) is 5.97. The summed E-state index contributed by atoms with van der Waals surface area (Å²) in [5.41, 5.74) is 0. The second-order valence-corrected chi connectivity index (χ2v) is 4.58. The molecule has 1 rings (SSSR count). The van der Waals surface area contributed by atoms with E-state index in [1.807, 2.05) is 6.92 Å². The van der Waals surface area contributed by atoms with Crippen LogP contribution in [0.5, 0.6) is 0 Å². The van der Waals surface area contributed by atoms with Crippen LogP contribution in [0.4, 0.5) is 0 Å². The summed E-state index contributed by atoms with van der Waals surface area (Å²) in [6.45, 7) is 6.54. The Morgan fingerprint density at radius 1 is 1.42 bits per heavy atom. The first-order chi connectivity index (χ1) is 5.83. The quantitative estimate of drug-likeness (QED) is 0.590. The molecule has 0 aliphatic carbocycles. The summed E-state index contributed by atoms with van der Waals surface area (Å²) in [6.07, 6.45) is 0. The molecule has 0 spiro atoms. The SMILES string of the molecule is CCOCCN1CCS(=O)CC1. The number of ether oxygens (including phenoxy) is 1. The van der Waals surface area contributed by atoms with Crippen LogP contribution in [0.25, 0.3) is 0 Å². The van der Waals surface area contributed by atoms with Crippen LogP contribution in [-0.2, 0) is 15.5 Å². The molecule has 3 nitrogen and oxygen atoms in total. The Labute approximate surface area is 76.5 Å². The van der Waals surface area contributed by atoms with Crippen LogP contribution >= 0.6 is 0 Å². The first kappa shape index (κ1) is 10.2. The molecule has 12 heavy (non-hydrogen) atoms. The maximum absolute atomic E-state index is 11.0. The molecule has 1 aliphatic rings. The maximum atomic E-state index is 11.0. The first-order valence-electron chi connectivity index (χ1n) is 4.48. The lowest BCUT2D eigenvalue weighted by atomic mass is 10.5. The highest BCUT2D eigenvalue weighted by atomic mass is 32.2. The molecule has 0 aromatic rings. The smallest absolute Gasteiger partial charge is 0.0593 e. The Morgan fingerprint density at radius 2 is 2.08 bits per heavy atom. The summed E-state index contributed by atoms with van der Waals surface area (Å²) in [5, 5.41) is 0. The van der Waals surface area contributed by atoms with Gasteiger partial charge in [0.25, 0.3) is 0 Å². The zero-order valence-corrected chi connectivity index (χ0v) is 8.44. The van der Waals surface area contributed by atoms with Gasteiger partial charge in [-0.25, -0.2) is 0 Å². The number of hydrogen-bond acceptors (Lipinski definition) is 3. The predicted octanol–water partition coefficient (Wildman–Crippen LogP) is 0.0872. The van der Waals surface area contributed by atoms with Crippen LogP contribution in [0.3, 0.4) is 0 Å². The predicted molar refractivity (Wildman–Crippen MR) is 50.8 cm³/mol. The Balaban J connectivity index is 2.05. The maximum Gasteiger partial charge on any atom is 0.0593 e. The van der Waals surface area contributed by atoms with E-state index in [2.05, 4.69) is 4.90 Å². The van der Waals surface area contributed by atoms with Crippen molar-refractivity contribution in [1.29, 1.82) is 0 Å². The van der Waals surface area contributed by atoms with Gasteiger partial charge < -0.3 is 4.74 Å². The zero-order chi connectivity index (χ0) is 8.81. The fraction of sp³-hybridized carbons (Fsp3) is 1.00.